The van der Waals surface area contributed by atoms with E-state index < -0.39 is 10.0 Å². The highest BCUT2D eigenvalue weighted by Crippen LogP contribution is 2.24. The molecule has 0 bridgehead atoms. The number of halogens is 2. The number of hydrogen-bond donors (Lipinski definition) is 2. The summed E-state index contributed by atoms with van der Waals surface area (Å²) in [6.07, 6.45) is 3.06. The van der Waals surface area contributed by atoms with Gasteiger partial charge in [-0.3, -0.25) is 9.78 Å². The first-order chi connectivity index (χ1) is 14.3. The Balaban J connectivity index is 1.71. The number of benzene rings is 2. The molecule has 2 N–H and O–H groups in total. The largest absolute Gasteiger partial charge is 0.322 e. The van der Waals surface area contributed by atoms with E-state index in [-0.39, 0.29) is 20.8 Å². The van der Waals surface area contributed by atoms with E-state index in [1.807, 2.05) is 0 Å². The van der Waals surface area contributed by atoms with Gasteiger partial charge in [-0.05, 0) is 55.0 Å². The standard InChI is InChI=1S/C20H16Cl2N4O3S/c1-13(25-26-30(28,29)19-11-16(21)6-9-18(19)22)14-4-7-17(8-5-14)24-20(27)15-3-2-10-23-12-15/h2-12,26H,1H3,(H,24,27). The summed E-state index contributed by atoms with van der Waals surface area (Å²) in [7, 11) is -3.99. The van der Waals surface area contributed by atoms with E-state index in [9.17, 15) is 13.2 Å². The number of hydrogen-bond acceptors (Lipinski definition) is 5. The minimum atomic E-state index is -3.99. The molecule has 1 aromatic heterocycles. The maximum atomic E-state index is 12.4. The number of nitrogens with zero attached hydrogens (tertiary/aromatic N) is 2. The summed E-state index contributed by atoms with van der Waals surface area (Å²) in [5, 5.41) is 6.96. The Morgan fingerprint density at radius 3 is 2.43 bits per heavy atom. The first kappa shape index (κ1) is 21.8. The van der Waals surface area contributed by atoms with Gasteiger partial charge in [-0.2, -0.15) is 18.4 Å². The lowest BCUT2D eigenvalue weighted by Crippen LogP contribution is -2.20. The molecule has 3 rings (SSSR count). The summed E-state index contributed by atoms with van der Waals surface area (Å²) in [5.74, 6) is -0.285. The van der Waals surface area contributed by atoms with Crippen molar-refractivity contribution < 1.29 is 13.2 Å². The van der Waals surface area contributed by atoms with Crippen molar-refractivity contribution in [3.8, 4) is 0 Å². The van der Waals surface area contributed by atoms with Crippen LogP contribution in [0.1, 0.15) is 22.8 Å². The van der Waals surface area contributed by atoms with Crippen LogP contribution in [0.2, 0.25) is 10.0 Å². The zero-order chi connectivity index (χ0) is 21.7. The highest BCUT2D eigenvalue weighted by atomic mass is 35.5. The molecular formula is C20H16Cl2N4O3S. The second-order valence-corrected chi connectivity index (χ2v) is 8.61. The van der Waals surface area contributed by atoms with Crippen LogP contribution < -0.4 is 10.1 Å². The van der Waals surface area contributed by atoms with Gasteiger partial charge in [0.05, 0.1) is 16.3 Å². The molecule has 0 fully saturated rings. The van der Waals surface area contributed by atoms with Crippen LogP contribution in [0.25, 0.3) is 0 Å². The van der Waals surface area contributed by atoms with E-state index in [0.717, 1.165) is 0 Å². The van der Waals surface area contributed by atoms with E-state index >= 15 is 0 Å². The fraction of sp³-hybridized carbons (Fsp3) is 0.0500. The van der Waals surface area contributed by atoms with E-state index in [1.165, 1.54) is 24.4 Å². The van der Waals surface area contributed by atoms with Crippen molar-refractivity contribution in [3.05, 3.63) is 88.2 Å². The van der Waals surface area contributed by atoms with Crippen molar-refractivity contribution in [1.82, 2.24) is 9.82 Å². The second kappa shape index (κ2) is 9.25. The van der Waals surface area contributed by atoms with Gasteiger partial charge in [0.2, 0.25) is 0 Å². The third-order valence-electron chi connectivity index (χ3n) is 4.00. The van der Waals surface area contributed by atoms with Gasteiger partial charge in [0.15, 0.2) is 0 Å². The number of carbonyl (C=O) groups excluding carboxylic acids is 1. The maximum Gasteiger partial charge on any atom is 0.278 e. The number of carbonyl (C=O) groups is 1. The predicted molar refractivity (Wildman–Crippen MR) is 118 cm³/mol. The molecule has 0 atom stereocenters. The molecule has 3 aromatic rings. The topological polar surface area (TPSA) is 101 Å². The van der Waals surface area contributed by atoms with Crippen LogP contribution >= 0.6 is 23.2 Å². The van der Waals surface area contributed by atoms with Crippen LogP contribution in [0.5, 0.6) is 0 Å². The van der Waals surface area contributed by atoms with Crippen molar-refractivity contribution >= 4 is 50.5 Å². The highest BCUT2D eigenvalue weighted by Gasteiger charge is 2.18. The third-order valence-corrected chi connectivity index (χ3v) is 5.93. The number of sulfonamides is 1. The van der Waals surface area contributed by atoms with Crippen molar-refractivity contribution in [2.45, 2.75) is 11.8 Å². The van der Waals surface area contributed by atoms with Crippen LogP contribution in [0.4, 0.5) is 5.69 Å². The minimum Gasteiger partial charge on any atom is -0.322 e. The molecule has 1 heterocycles. The van der Waals surface area contributed by atoms with Crippen molar-refractivity contribution in [2.75, 3.05) is 5.32 Å². The number of nitrogens with one attached hydrogen (secondary N) is 2. The Morgan fingerprint density at radius 2 is 1.77 bits per heavy atom. The van der Waals surface area contributed by atoms with Crippen molar-refractivity contribution in [3.63, 3.8) is 0 Å². The molecule has 0 aliphatic carbocycles. The van der Waals surface area contributed by atoms with E-state index in [1.54, 1.807) is 49.5 Å². The normalized spacial score (nSPS) is 11.8. The summed E-state index contributed by atoms with van der Waals surface area (Å²) in [5.41, 5.74) is 2.09. The Kier molecular flexibility index (Phi) is 6.71. The van der Waals surface area contributed by atoms with Crippen LogP contribution in [0.15, 0.2) is 77.0 Å². The number of pyridine rings is 1. The van der Waals surface area contributed by atoms with E-state index in [2.05, 4.69) is 20.2 Å². The van der Waals surface area contributed by atoms with Crippen LogP contribution in [0.3, 0.4) is 0 Å². The molecular weight excluding hydrogens is 447 g/mol. The zero-order valence-corrected chi connectivity index (χ0v) is 18.0. The molecule has 0 saturated heterocycles. The minimum absolute atomic E-state index is 0.0356. The summed E-state index contributed by atoms with van der Waals surface area (Å²) in [4.78, 5) is 18.1. The second-order valence-electron chi connectivity index (χ2n) is 6.14. The highest BCUT2D eigenvalue weighted by molar-refractivity contribution is 7.89. The Morgan fingerprint density at radius 1 is 1.03 bits per heavy atom. The van der Waals surface area contributed by atoms with Crippen molar-refractivity contribution in [1.29, 1.82) is 0 Å². The van der Waals surface area contributed by atoms with Gasteiger partial charge in [-0.15, -0.1) is 0 Å². The van der Waals surface area contributed by atoms with Gasteiger partial charge in [-0.1, -0.05) is 35.3 Å². The molecule has 0 unspecified atom stereocenters. The third kappa shape index (κ3) is 5.35. The van der Waals surface area contributed by atoms with Gasteiger partial charge < -0.3 is 5.32 Å². The molecule has 0 spiro atoms. The lowest BCUT2D eigenvalue weighted by molar-refractivity contribution is 0.102. The monoisotopic (exact) mass is 462 g/mol. The van der Waals surface area contributed by atoms with Crippen LogP contribution in [-0.4, -0.2) is 25.0 Å². The van der Waals surface area contributed by atoms with Gasteiger partial charge in [0, 0.05) is 23.1 Å². The number of rotatable bonds is 6. The molecule has 30 heavy (non-hydrogen) atoms. The molecule has 0 aliphatic rings. The number of hydrazone groups is 1. The molecule has 10 heteroatoms. The average molecular weight is 463 g/mol. The smallest absolute Gasteiger partial charge is 0.278 e. The van der Waals surface area contributed by atoms with Crippen LogP contribution in [-0.2, 0) is 10.0 Å². The molecule has 1 amide bonds. The van der Waals surface area contributed by atoms with Gasteiger partial charge in [0.25, 0.3) is 15.9 Å². The average Bonchev–Trinajstić information content (AvgIpc) is 2.75. The van der Waals surface area contributed by atoms with Crippen molar-refractivity contribution in [2.24, 2.45) is 5.10 Å². The molecule has 0 radical (unpaired) electrons. The van der Waals surface area contributed by atoms with Gasteiger partial charge >= 0.3 is 0 Å². The lowest BCUT2D eigenvalue weighted by atomic mass is 10.1. The molecule has 7 nitrogen and oxygen atoms in total. The van der Waals surface area contributed by atoms with E-state index in [0.29, 0.717) is 22.5 Å². The summed E-state index contributed by atoms with van der Waals surface area (Å²) >= 11 is 11.8. The van der Waals surface area contributed by atoms with Crippen LogP contribution in [0, 0.1) is 0 Å². The lowest BCUT2D eigenvalue weighted by Gasteiger charge is -2.08. The maximum absolute atomic E-state index is 12.4. The fourth-order valence-electron chi connectivity index (χ4n) is 2.42. The summed E-state index contributed by atoms with van der Waals surface area (Å²) in [6.45, 7) is 1.64. The first-order valence-electron chi connectivity index (χ1n) is 8.59. The zero-order valence-electron chi connectivity index (χ0n) is 15.6. The molecule has 2 aromatic carbocycles. The summed E-state index contributed by atoms with van der Waals surface area (Å²) in [6, 6.07) is 14.3. The fourth-order valence-corrected chi connectivity index (χ4v) is 4.04. The van der Waals surface area contributed by atoms with E-state index in [4.69, 9.17) is 23.2 Å². The first-order valence-corrected chi connectivity index (χ1v) is 10.8. The van der Waals surface area contributed by atoms with Gasteiger partial charge in [0.1, 0.15) is 4.90 Å². The predicted octanol–water partition coefficient (Wildman–Crippen LogP) is 4.34. The quantitative estimate of drug-likeness (QED) is 0.420. The SMILES string of the molecule is CC(=NNS(=O)(=O)c1cc(Cl)ccc1Cl)c1ccc(NC(=O)c2cccnc2)cc1. The molecule has 0 saturated carbocycles. The summed E-state index contributed by atoms with van der Waals surface area (Å²) < 4.78 is 24.9. The Bertz CT molecular complexity index is 1200. The molecule has 0 aliphatic heterocycles. The van der Waals surface area contributed by atoms with Gasteiger partial charge in [-0.25, -0.2) is 0 Å². The molecule has 154 valence electrons. The number of anilines is 1. The Hall–Kier alpha value is -2.94. The number of aromatic nitrogens is 1. The number of amides is 1. The Labute approximate surface area is 183 Å².